The lowest BCUT2D eigenvalue weighted by atomic mass is 9.84. The van der Waals surface area contributed by atoms with Gasteiger partial charge in [0.1, 0.15) is 6.61 Å². The minimum atomic E-state index is -4.50. The number of primary amides is 1. The maximum atomic E-state index is 14.3. The number of nitrogens with two attached hydrogens (primary N) is 1. The highest BCUT2D eigenvalue weighted by atomic mass is 19.4. The van der Waals surface area contributed by atoms with E-state index in [0.717, 1.165) is 0 Å². The molecule has 2 heterocycles. The number of allylic oxidation sites excluding steroid dienone is 6. The summed E-state index contributed by atoms with van der Waals surface area (Å²) in [5.74, 6) is -1.02. The topological polar surface area (TPSA) is 102 Å². The molecule has 1 aromatic carbocycles. The number of halogens is 4. The van der Waals surface area contributed by atoms with Crippen molar-refractivity contribution in [3.63, 3.8) is 0 Å². The summed E-state index contributed by atoms with van der Waals surface area (Å²) in [5, 5.41) is 10.3. The number of alkyl halides is 3. The molecule has 0 saturated heterocycles. The van der Waals surface area contributed by atoms with Crippen LogP contribution in [0.3, 0.4) is 0 Å². The summed E-state index contributed by atoms with van der Waals surface area (Å²) in [6.45, 7) is 1.15. The average molecular weight is 540 g/mol. The fourth-order valence-corrected chi connectivity index (χ4v) is 4.11. The summed E-state index contributed by atoms with van der Waals surface area (Å²) in [6, 6.07) is 11.5. The zero-order chi connectivity index (χ0) is 27.8. The Hall–Kier alpha value is -4.38. The van der Waals surface area contributed by atoms with Gasteiger partial charge in [-0.15, -0.1) is 5.10 Å². The van der Waals surface area contributed by atoms with Crippen LogP contribution in [0.15, 0.2) is 94.3 Å². The number of rotatable bonds is 11. The van der Waals surface area contributed by atoms with Gasteiger partial charge in [0.25, 0.3) is 0 Å². The number of nitrogens with zero attached hydrogens (tertiary/aromatic N) is 3. The fourth-order valence-electron chi connectivity index (χ4n) is 4.11. The van der Waals surface area contributed by atoms with Gasteiger partial charge in [-0.05, 0) is 40.5 Å². The number of hydrogen-bond donors (Lipinski definition) is 2. The Labute approximate surface area is 222 Å². The average Bonchev–Trinajstić information content (AvgIpc) is 3.28. The van der Waals surface area contributed by atoms with Crippen molar-refractivity contribution in [2.24, 2.45) is 15.9 Å². The monoisotopic (exact) mass is 539 g/mol. The fraction of sp³-hybridized carbons (Fsp3) is 0.214. The standard InChI is InChI=1S/C28H25F4N5O2/c29-27-21-15-19(8-10-23(21)36-37-27)26(22(16-28(30,31)32)18-5-2-1-3-6-18)20-9-11-25(35-17-20)39-14-13-34-12-4-7-24(33)38/h1-9,11,15,17,34H,10,12-14,16H2,(H2,33,38)/b7-4+,26-22+. The van der Waals surface area contributed by atoms with Gasteiger partial charge < -0.3 is 15.8 Å². The lowest BCUT2D eigenvalue weighted by Crippen LogP contribution is -2.21. The van der Waals surface area contributed by atoms with Crippen LogP contribution in [-0.4, -0.2) is 48.4 Å². The molecule has 2 aliphatic rings. The minimum Gasteiger partial charge on any atom is -0.476 e. The van der Waals surface area contributed by atoms with E-state index in [0.29, 0.717) is 35.5 Å². The molecule has 39 heavy (non-hydrogen) atoms. The third-order valence-electron chi connectivity index (χ3n) is 5.79. The van der Waals surface area contributed by atoms with Crippen LogP contribution in [0, 0.1) is 0 Å². The van der Waals surface area contributed by atoms with Crippen molar-refractivity contribution in [3.05, 3.63) is 95.2 Å². The van der Waals surface area contributed by atoms with Crippen molar-refractivity contribution < 1.29 is 27.1 Å². The van der Waals surface area contributed by atoms with Gasteiger partial charge >= 0.3 is 6.18 Å². The number of fused-ring (bicyclic) bond motifs is 1. The van der Waals surface area contributed by atoms with Crippen LogP contribution in [0.2, 0.25) is 0 Å². The van der Waals surface area contributed by atoms with Crippen LogP contribution in [0.5, 0.6) is 5.88 Å². The van der Waals surface area contributed by atoms with Crippen molar-refractivity contribution in [2.45, 2.75) is 19.0 Å². The molecule has 0 spiro atoms. The molecule has 1 aromatic heterocycles. The first kappa shape index (κ1) is 27.6. The molecule has 3 N–H and O–H groups in total. The van der Waals surface area contributed by atoms with E-state index in [4.69, 9.17) is 10.5 Å². The van der Waals surface area contributed by atoms with Gasteiger partial charge in [-0.3, -0.25) is 4.79 Å². The smallest absolute Gasteiger partial charge is 0.393 e. The Morgan fingerprint density at radius 3 is 2.59 bits per heavy atom. The first-order valence-corrected chi connectivity index (χ1v) is 12.1. The molecule has 1 amide bonds. The number of aromatic nitrogens is 1. The molecule has 2 aromatic rings. The van der Waals surface area contributed by atoms with Gasteiger partial charge in [0, 0.05) is 37.3 Å². The van der Waals surface area contributed by atoms with Gasteiger partial charge in [-0.25, -0.2) is 4.98 Å². The van der Waals surface area contributed by atoms with Gasteiger partial charge in [0.05, 0.1) is 17.7 Å². The quantitative estimate of drug-likeness (QED) is 0.240. The Kier molecular flexibility index (Phi) is 8.82. The summed E-state index contributed by atoms with van der Waals surface area (Å²) >= 11 is 0. The summed E-state index contributed by atoms with van der Waals surface area (Å²) in [7, 11) is 0. The van der Waals surface area contributed by atoms with E-state index in [1.54, 1.807) is 54.6 Å². The van der Waals surface area contributed by atoms with E-state index < -0.39 is 24.5 Å². The second kappa shape index (κ2) is 12.4. The minimum absolute atomic E-state index is 0.0330. The number of carbonyl (C=O) groups is 1. The Balaban J connectivity index is 1.65. The zero-order valence-corrected chi connectivity index (χ0v) is 20.7. The molecule has 7 nitrogen and oxygen atoms in total. The molecule has 0 saturated carbocycles. The maximum Gasteiger partial charge on any atom is 0.393 e. The molecule has 0 bridgehead atoms. The molecular weight excluding hydrogens is 514 g/mol. The molecule has 11 heteroatoms. The number of nitrogens with one attached hydrogen (secondary N) is 1. The second-order valence-electron chi connectivity index (χ2n) is 8.61. The highest BCUT2D eigenvalue weighted by Gasteiger charge is 2.33. The third-order valence-corrected chi connectivity index (χ3v) is 5.79. The maximum absolute atomic E-state index is 14.3. The van der Waals surface area contributed by atoms with Crippen LogP contribution in [0.25, 0.3) is 11.1 Å². The molecule has 1 aliphatic carbocycles. The molecule has 0 atom stereocenters. The van der Waals surface area contributed by atoms with E-state index in [1.807, 2.05) is 0 Å². The van der Waals surface area contributed by atoms with Crippen LogP contribution < -0.4 is 15.8 Å². The predicted octanol–water partition coefficient (Wildman–Crippen LogP) is 4.95. The molecule has 0 radical (unpaired) electrons. The highest BCUT2D eigenvalue weighted by Crippen LogP contribution is 2.41. The van der Waals surface area contributed by atoms with E-state index in [1.165, 1.54) is 18.3 Å². The summed E-state index contributed by atoms with van der Waals surface area (Å²) in [5.41, 5.74) is 7.15. The molecule has 1 aliphatic heterocycles. The van der Waals surface area contributed by atoms with Gasteiger partial charge in [-0.1, -0.05) is 42.5 Å². The Bertz CT molecular complexity index is 1390. The largest absolute Gasteiger partial charge is 0.476 e. The zero-order valence-electron chi connectivity index (χ0n) is 20.7. The van der Waals surface area contributed by atoms with Crippen LogP contribution in [-0.2, 0) is 4.79 Å². The number of ether oxygens (including phenoxy) is 1. The van der Waals surface area contributed by atoms with Crippen molar-refractivity contribution in [1.29, 1.82) is 0 Å². The number of benzene rings is 1. The Morgan fingerprint density at radius 2 is 1.90 bits per heavy atom. The SMILES string of the molecule is NC(=O)/C=C/CNCCOc1ccc(/C(C2=CCC3=NN=C(F)C3=C2)=C(\CC(F)(F)F)c2ccccc2)cn1. The van der Waals surface area contributed by atoms with E-state index in [9.17, 15) is 22.4 Å². The van der Waals surface area contributed by atoms with Gasteiger partial charge in [-0.2, -0.15) is 22.7 Å². The van der Waals surface area contributed by atoms with Crippen molar-refractivity contribution in [2.75, 3.05) is 19.7 Å². The first-order chi connectivity index (χ1) is 18.7. The number of amides is 1. The van der Waals surface area contributed by atoms with E-state index >= 15 is 0 Å². The molecule has 0 unspecified atom stereocenters. The van der Waals surface area contributed by atoms with Gasteiger partial charge in [0.15, 0.2) is 0 Å². The summed E-state index contributed by atoms with van der Waals surface area (Å²) in [4.78, 5) is 15.0. The molecule has 4 rings (SSSR count). The highest BCUT2D eigenvalue weighted by molar-refractivity contribution is 6.25. The second-order valence-corrected chi connectivity index (χ2v) is 8.61. The molecule has 0 fully saturated rings. The van der Waals surface area contributed by atoms with Crippen molar-refractivity contribution >= 4 is 28.7 Å². The normalized spacial score (nSPS) is 15.7. The third kappa shape index (κ3) is 7.57. The predicted molar refractivity (Wildman–Crippen MR) is 142 cm³/mol. The number of pyridine rings is 1. The summed E-state index contributed by atoms with van der Waals surface area (Å²) in [6.07, 6.45) is 2.00. The lowest BCUT2D eigenvalue weighted by Gasteiger charge is -2.21. The molecular formula is C28H25F4N5O2. The van der Waals surface area contributed by atoms with Gasteiger partial charge in [0.2, 0.25) is 17.8 Å². The van der Waals surface area contributed by atoms with Crippen molar-refractivity contribution in [1.82, 2.24) is 10.3 Å². The van der Waals surface area contributed by atoms with Crippen LogP contribution in [0.1, 0.15) is 24.0 Å². The van der Waals surface area contributed by atoms with E-state index in [2.05, 4.69) is 20.5 Å². The first-order valence-electron chi connectivity index (χ1n) is 12.1. The number of hydrogen-bond acceptors (Lipinski definition) is 6. The number of carbonyl (C=O) groups excluding carboxylic acids is 1. The lowest BCUT2D eigenvalue weighted by molar-refractivity contribution is -0.123. The van der Waals surface area contributed by atoms with E-state index in [-0.39, 0.29) is 35.6 Å². The van der Waals surface area contributed by atoms with Crippen LogP contribution in [0.4, 0.5) is 17.6 Å². The van der Waals surface area contributed by atoms with Crippen LogP contribution >= 0.6 is 0 Å². The molecule has 202 valence electrons. The summed E-state index contributed by atoms with van der Waals surface area (Å²) < 4.78 is 61.4. The Morgan fingerprint density at radius 1 is 1.10 bits per heavy atom. The van der Waals surface area contributed by atoms with Crippen molar-refractivity contribution in [3.8, 4) is 5.88 Å².